The van der Waals surface area contributed by atoms with Crippen LogP contribution in [-0.4, -0.2) is 32.2 Å². The van der Waals surface area contributed by atoms with Crippen molar-refractivity contribution in [2.24, 2.45) is 0 Å². The summed E-state index contributed by atoms with van der Waals surface area (Å²) in [5.41, 5.74) is 1.76. The van der Waals surface area contributed by atoms with Gasteiger partial charge in [-0.05, 0) is 43.7 Å². The van der Waals surface area contributed by atoms with Crippen molar-refractivity contribution < 1.29 is 27.9 Å². The first-order valence-electron chi connectivity index (χ1n) is 8.88. The van der Waals surface area contributed by atoms with Gasteiger partial charge >= 0.3 is 13.6 Å². The molecule has 0 aliphatic rings. The Morgan fingerprint density at radius 3 is 2.14 bits per heavy atom. The predicted octanol–water partition coefficient (Wildman–Crippen LogP) is 4.49. The summed E-state index contributed by atoms with van der Waals surface area (Å²) in [5.74, 6) is -0.908. The van der Waals surface area contributed by atoms with Crippen molar-refractivity contribution in [3.63, 3.8) is 0 Å². The van der Waals surface area contributed by atoms with Crippen molar-refractivity contribution in [2.75, 3.05) is 25.6 Å². The highest BCUT2D eigenvalue weighted by Gasteiger charge is 2.24. The Bertz CT molecular complexity index is 855. The molecular weight excluding hydrogens is 381 g/mol. The Morgan fingerprint density at radius 2 is 1.57 bits per heavy atom. The lowest BCUT2D eigenvalue weighted by molar-refractivity contribution is 0.0602. The summed E-state index contributed by atoms with van der Waals surface area (Å²) >= 11 is 0. The van der Waals surface area contributed by atoms with E-state index in [9.17, 15) is 14.2 Å². The number of methoxy groups -OCH3 is 1. The molecule has 0 radical (unpaired) electrons. The molecule has 150 valence electrons. The van der Waals surface area contributed by atoms with Crippen LogP contribution < -0.4 is 5.32 Å². The molecule has 0 aromatic heterocycles. The van der Waals surface area contributed by atoms with Crippen LogP contribution in [0.2, 0.25) is 0 Å². The number of ether oxygens (including phenoxy) is 1. The van der Waals surface area contributed by atoms with Gasteiger partial charge in [-0.2, -0.15) is 0 Å². The molecule has 0 spiro atoms. The Kier molecular flexibility index (Phi) is 7.93. The number of para-hydroxylation sites is 1. The molecule has 1 N–H and O–H groups in total. The Labute approximate surface area is 164 Å². The summed E-state index contributed by atoms with van der Waals surface area (Å²) in [5, 5.41) is 2.71. The van der Waals surface area contributed by atoms with Gasteiger partial charge in [0.15, 0.2) is 0 Å². The van der Waals surface area contributed by atoms with E-state index in [1.165, 1.54) is 7.11 Å². The lowest BCUT2D eigenvalue weighted by atomic mass is 10.1. The predicted molar refractivity (Wildman–Crippen MR) is 107 cm³/mol. The Balaban J connectivity index is 2.12. The van der Waals surface area contributed by atoms with E-state index in [0.29, 0.717) is 11.3 Å². The second-order valence-electron chi connectivity index (χ2n) is 5.79. The van der Waals surface area contributed by atoms with Gasteiger partial charge in [0, 0.05) is 5.56 Å². The minimum Gasteiger partial charge on any atom is -0.465 e. The minimum atomic E-state index is -3.21. The maximum absolute atomic E-state index is 12.6. The van der Waals surface area contributed by atoms with Crippen molar-refractivity contribution >= 4 is 25.2 Å². The number of rotatable bonds is 9. The Morgan fingerprint density at radius 1 is 0.964 bits per heavy atom. The molecule has 0 saturated carbocycles. The molecule has 0 heterocycles. The smallest absolute Gasteiger partial charge is 0.339 e. The van der Waals surface area contributed by atoms with Gasteiger partial charge in [-0.15, -0.1) is 0 Å². The minimum absolute atomic E-state index is 0.127. The number of carbonyl (C=O) groups is 2. The van der Waals surface area contributed by atoms with Crippen LogP contribution in [-0.2, 0) is 24.5 Å². The van der Waals surface area contributed by atoms with E-state index in [1.807, 2.05) is 0 Å². The maximum Gasteiger partial charge on any atom is 0.339 e. The molecule has 0 saturated heterocycles. The Hall–Kier alpha value is -2.47. The fourth-order valence-corrected chi connectivity index (χ4v) is 4.28. The molecule has 0 aliphatic carbocycles. The van der Waals surface area contributed by atoms with Gasteiger partial charge in [-0.3, -0.25) is 9.36 Å². The summed E-state index contributed by atoms with van der Waals surface area (Å²) in [4.78, 5) is 24.3. The highest BCUT2D eigenvalue weighted by Crippen LogP contribution is 2.51. The zero-order valence-corrected chi connectivity index (χ0v) is 17.0. The van der Waals surface area contributed by atoms with Gasteiger partial charge in [-0.25, -0.2) is 4.79 Å². The monoisotopic (exact) mass is 405 g/mol. The number of hydrogen-bond acceptors (Lipinski definition) is 6. The SMILES string of the molecule is CCOP(=O)(Cc1ccc(C(=O)Nc2ccccc2C(=O)OC)cc1)OCC. The summed E-state index contributed by atoms with van der Waals surface area (Å²) in [6.07, 6.45) is 0.127. The third-order valence-electron chi connectivity index (χ3n) is 3.82. The first-order valence-corrected chi connectivity index (χ1v) is 10.6. The highest BCUT2D eigenvalue weighted by atomic mass is 31.2. The van der Waals surface area contributed by atoms with Crippen molar-refractivity contribution in [1.82, 2.24) is 0 Å². The number of benzene rings is 2. The number of carbonyl (C=O) groups excluding carboxylic acids is 2. The second kappa shape index (κ2) is 10.2. The second-order valence-corrected chi connectivity index (χ2v) is 7.85. The first kappa shape index (κ1) is 21.8. The fraction of sp³-hybridized carbons (Fsp3) is 0.300. The van der Waals surface area contributed by atoms with Crippen molar-refractivity contribution in [3.05, 3.63) is 65.2 Å². The number of amides is 1. The third kappa shape index (κ3) is 5.76. The summed E-state index contributed by atoms with van der Waals surface area (Å²) in [7, 11) is -1.93. The molecule has 2 aromatic carbocycles. The molecular formula is C20H24NO6P. The van der Waals surface area contributed by atoms with E-state index >= 15 is 0 Å². The van der Waals surface area contributed by atoms with E-state index < -0.39 is 13.6 Å². The maximum atomic E-state index is 12.6. The van der Waals surface area contributed by atoms with E-state index in [-0.39, 0.29) is 30.8 Å². The van der Waals surface area contributed by atoms with Crippen LogP contribution in [0.5, 0.6) is 0 Å². The van der Waals surface area contributed by atoms with Crippen LogP contribution in [0.3, 0.4) is 0 Å². The van der Waals surface area contributed by atoms with Crippen LogP contribution in [0.4, 0.5) is 5.69 Å². The molecule has 2 aromatic rings. The lowest BCUT2D eigenvalue weighted by Gasteiger charge is -2.17. The molecule has 8 heteroatoms. The zero-order chi connectivity index (χ0) is 20.6. The molecule has 0 aliphatic heterocycles. The molecule has 0 unspecified atom stereocenters. The quantitative estimate of drug-likeness (QED) is 0.488. The van der Waals surface area contributed by atoms with Crippen LogP contribution in [0.25, 0.3) is 0 Å². The van der Waals surface area contributed by atoms with Gasteiger partial charge in [0.05, 0.1) is 37.7 Å². The summed E-state index contributed by atoms with van der Waals surface area (Å²) in [6, 6.07) is 13.2. The van der Waals surface area contributed by atoms with Gasteiger partial charge in [-0.1, -0.05) is 24.3 Å². The van der Waals surface area contributed by atoms with E-state index in [4.69, 9.17) is 13.8 Å². The molecule has 7 nitrogen and oxygen atoms in total. The zero-order valence-electron chi connectivity index (χ0n) is 16.1. The number of esters is 1. The third-order valence-corrected chi connectivity index (χ3v) is 5.88. The molecule has 0 fully saturated rings. The van der Waals surface area contributed by atoms with Gasteiger partial charge < -0.3 is 19.1 Å². The number of nitrogens with one attached hydrogen (secondary N) is 1. The van der Waals surface area contributed by atoms with Gasteiger partial charge in [0.2, 0.25) is 0 Å². The normalized spacial score (nSPS) is 11.1. The van der Waals surface area contributed by atoms with E-state index in [1.54, 1.807) is 62.4 Å². The molecule has 0 atom stereocenters. The van der Waals surface area contributed by atoms with Crippen LogP contribution >= 0.6 is 7.60 Å². The lowest BCUT2D eigenvalue weighted by Crippen LogP contribution is -2.15. The summed E-state index contributed by atoms with van der Waals surface area (Å²) < 4.78 is 27.9. The standard InChI is InChI=1S/C20H24NO6P/c1-4-26-28(24,27-5-2)14-15-10-12-16(13-11-15)19(22)21-18-9-7-6-8-17(18)20(23)25-3/h6-13H,4-5,14H2,1-3H3,(H,21,22). The topological polar surface area (TPSA) is 90.9 Å². The van der Waals surface area contributed by atoms with E-state index in [2.05, 4.69) is 5.32 Å². The average molecular weight is 405 g/mol. The molecule has 1 amide bonds. The first-order chi connectivity index (χ1) is 13.4. The molecule has 28 heavy (non-hydrogen) atoms. The van der Waals surface area contributed by atoms with Crippen LogP contribution in [0, 0.1) is 0 Å². The molecule has 2 rings (SSSR count). The number of hydrogen-bond donors (Lipinski definition) is 1. The van der Waals surface area contributed by atoms with Gasteiger partial charge in [0.1, 0.15) is 0 Å². The van der Waals surface area contributed by atoms with Crippen molar-refractivity contribution in [1.29, 1.82) is 0 Å². The largest absolute Gasteiger partial charge is 0.465 e. The number of anilines is 1. The fourth-order valence-electron chi connectivity index (χ4n) is 2.58. The van der Waals surface area contributed by atoms with Crippen molar-refractivity contribution in [2.45, 2.75) is 20.0 Å². The summed E-state index contributed by atoms with van der Waals surface area (Å²) in [6.45, 7) is 4.09. The average Bonchev–Trinajstić information content (AvgIpc) is 2.68. The van der Waals surface area contributed by atoms with Crippen LogP contribution in [0.1, 0.15) is 40.1 Å². The molecule has 0 bridgehead atoms. The van der Waals surface area contributed by atoms with Crippen LogP contribution in [0.15, 0.2) is 48.5 Å². The van der Waals surface area contributed by atoms with E-state index in [0.717, 1.165) is 5.56 Å². The van der Waals surface area contributed by atoms with Crippen molar-refractivity contribution in [3.8, 4) is 0 Å². The highest BCUT2D eigenvalue weighted by molar-refractivity contribution is 7.53. The van der Waals surface area contributed by atoms with Gasteiger partial charge in [0.25, 0.3) is 5.91 Å².